The van der Waals surface area contributed by atoms with Crippen LogP contribution in [0.3, 0.4) is 0 Å². The number of hydrogen-bond acceptors (Lipinski definition) is 8. The van der Waals surface area contributed by atoms with E-state index >= 15 is 0 Å². The summed E-state index contributed by atoms with van der Waals surface area (Å²) in [5.74, 6) is 1.90. The van der Waals surface area contributed by atoms with Gasteiger partial charge < -0.3 is 14.5 Å². The number of sulfone groups is 1. The molecular formula is C32H32ClFN4O4S. The highest BCUT2D eigenvalue weighted by Gasteiger charge is 2.26. The minimum atomic E-state index is -3.24. The molecule has 3 aromatic carbocycles. The van der Waals surface area contributed by atoms with E-state index in [1.165, 1.54) is 24.7 Å². The van der Waals surface area contributed by atoms with Crippen LogP contribution in [0.15, 0.2) is 83.5 Å². The third-order valence-corrected chi connectivity index (χ3v) is 8.28. The van der Waals surface area contributed by atoms with Crippen molar-refractivity contribution in [2.75, 3.05) is 30.4 Å². The summed E-state index contributed by atoms with van der Waals surface area (Å²) >= 11 is 6.50. The highest BCUT2D eigenvalue weighted by Crippen LogP contribution is 2.34. The van der Waals surface area contributed by atoms with Crippen molar-refractivity contribution in [2.45, 2.75) is 26.5 Å². The van der Waals surface area contributed by atoms with E-state index in [9.17, 15) is 12.8 Å². The number of anilines is 2. The molecular weight excluding hydrogens is 591 g/mol. The molecule has 1 unspecified atom stereocenters. The molecule has 0 saturated heterocycles. The second kappa shape index (κ2) is 13.1. The molecule has 5 rings (SSSR count). The summed E-state index contributed by atoms with van der Waals surface area (Å²) in [6, 6.07) is 20.5. The van der Waals surface area contributed by atoms with Crippen molar-refractivity contribution in [3.05, 3.63) is 101 Å². The Morgan fingerprint density at radius 1 is 1.02 bits per heavy atom. The number of ether oxygens (including phenoxy) is 1. The first-order valence-electron chi connectivity index (χ1n) is 13.8. The normalized spacial score (nSPS) is 12.5. The van der Waals surface area contributed by atoms with Crippen molar-refractivity contribution >= 4 is 43.8 Å². The molecule has 43 heavy (non-hydrogen) atoms. The van der Waals surface area contributed by atoms with Gasteiger partial charge in [-0.1, -0.05) is 37.6 Å². The predicted octanol–water partition coefficient (Wildman–Crippen LogP) is 7.43. The average Bonchev–Trinajstić information content (AvgIpc) is 3.47. The van der Waals surface area contributed by atoms with Crippen LogP contribution in [-0.2, 0) is 16.4 Å². The predicted molar refractivity (Wildman–Crippen MR) is 168 cm³/mol. The summed E-state index contributed by atoms with van der Waals surface area (Å²) in [7, 11) is -3.24. The molecule has 0 amide bonds. The quantitative estimate of drug-likeness (QED) is 0.153. The Morgan fingerprint density at radius 2 is 1.84 bits per heavy atom. The average molecular weight is 623 g/mol. The van der Waals surface area contributed by atoms with E-state index in [0.29, 0.717) is 52.5 Å². The molecule has 2 aromatic heterocycles. The number of hydrogen-bond donors (Lipinski definition) is 1. The van der Waals surface area contributed by atoms with Gasteiger partial charge in [0, 0.05) is 22.9 Å². The molecule has 0 radical (unpaired) electrons. The second-order valence-electron chi connectivity index (χ2n) is 10.2. The Labute approximate surface area is 255 Å². The van der Waals surface area contributed by atoms with Crippen LogP contribution in [0, 0.1) is 5.82 Å². The van der Waals surface area contributed by atoms with Gasteiger partial charge in [-0.2, -0.15) is 0 Å². The summed E-state index contributed by atoms with van der Waals surface area (Å²) in [4.78, 5) is 10.9. The SMILES string of the molecule is CCN(CC)C(CS(C)(=O)=O)c1ccc(-c2ccc3ncnc(Nc4ccc(OCc5cccc(F)c5)c(Cl)c4)c3c2)o1. The van der Waals surface area contributed by atoms with Crippen LogP contribution >= 0.6 is 11.6 Å². The topological polar surface area (TPSA) is 97.6 Å². The van der Waals surface area contributed by atoms with Gasteiger partial charge in [-0.3, -0.25) is 4.90 Å². The Kier molecular flexibility index (Phi) is 9.29. The lowest BCUT2D eigenvalue weighted by molar-refractivity contribution is 0.210. The van der Waals surface area contributed by atoms with Gasteiger partial charge in [0.2, 0.25) is 0 Å². The lowest BCUT2D eigenvalue weighted by Crippen LogP contribution is -2.32. The number of furan rings is 1. The minimum absolute atomic E-state index is 0.0293. The molecule has 0 fully saturated rings. The Morgan fingerprint density at radius 3 is 2.56 bits per heavy atom. The molecule has 0 saturated carbocycles. The molecule has 0 aliphatic heterocycles. The standard InChI is InChI=1S/C32H32ClFN4O4S/c1-4-38(5-2)28(19-43(3,39)40)31-14-13-29(42-31)22-9-11-27-25(16-22)32(36-20-35-27)37-24-10-12-30(26(33)17-24)41-18-21-7-6-8-23(34)15-21/h6-17,20,28H,4-5,18-19H2,1-3H3,(H,35,36,37). The zero-order valence-corrected chi connectivity index (χ0v) is 25.6. The van der Waals surface area contributed by atoms with E-state index in [0.717, 1.165) is 16.5 Å². The number of aromatic nitrogens is 2. The first-order chi connectivity index (χ1) is 20.6. The number of rotatable bonds is 12. The van der Waals surface area contributed by atoms with Crippen molar-refractivity contribution in [1.29, 1.82) is 0 Å². The fourth-order valence-corrected chi connectivity index (χ4v) is 6.12. The molecule has 5 aromatic rings. The van der Waals surface area contributed by atoms with Gasteiger partial charge in [0.15, 0.2) is 0 Å². The number of fused-ring (bicyclic) bond motifs is 1. The second-order valence-corrected chi connectivity index (χ2v) is 12.8. The number of nitrogens with zero attached hydrogens (tertiary/aromatic N) is 3. The smallest absolute Gasteiger partial charge is 0.149 e. The first-order valence-corrected chi connectivity index (χ1v) is 16.3. The van der Waals surface area contributed by atoms with Crippen LogP contribution in [0.2, 0.25) is 5.02 Å². The van der Waals surface area contributed by atoms with E-state index in [1.807, 2.05) is 50.2 Å². The number of nitrogens with one attached hydrogen (secondary N) is 1. The maximum atomic E-state index is 13.5. The van der Waals surface area contributed by atoms with Gasteiger partial charge in [0.1, 0.15) is 51.7 Å². The molecule has 2 heterocycles. The molecule has 0 bridgehead atoms. The van der Waals surface area contributed by atoms with Gasteiger partial charge in [0.05, 0.1) is 22.3 Å². The van der Waals surface area contributed by atoms with Crippen LogP contribution in [0.1, 0.15) is 31.2 Å². The highest BCUT2D eigenvalue weighted by atomic mass is 35.5. The van der Waals surface area contributed by atoms with Crippen molar-refractivity contribution in [2.24, 2.45) is 0 Å². The number of halogens is 2. The van der Waals surface area contributed by atoms with E-state index in [1.54, 1.807) is 24.3 Å². The zero-order chi connectivity index (χ0) is 30.6. The van der Waals surface area contributed by atoms with Crippen LogP contribution in [0.25, 0.3) is 22.2 Å². The number of benzene rings is 3. The summed E-state index contributed by atoms with van der Waals surface area (Å²) in [6.07, 6.45) is 2.72. The van der Waals surface area contributed by atoms with Crippen molar-refractivity contribution in [3.63, 3.8) is 0 Å². The summed E-state index contributed by atoms with van der Waals surface area (Å²) in [5.41, 5.74) is 2.92. The van der Waals surface area contributed by atoms with Crippen LogP contribution in [0.5, 0.6) is 5.75 Å². The summed E-state index contributed by atoms with van der Waals surface area (Å²) in [6.45, 7) is 5.57. The van der Waals surface area contributed by atoms with E-state index < -0.39 is 9.84 Å². The monoisotopic (exact) mass is 622 g/mol. The van der Waals surface area contributed by atoms with Gasteiger partial charge in [-0.15, -0.1) is 0 Å². The van der Waals surface area contributed by atoms with Crippen LogP contribution in [0.4, 0.5) is 15.9 Å². The Balaban J connectivity index is 1.38. The van der Waals surface area contributed by atoms with E-state index in [4.69, 9.17) is 20.8 Å². The Hall–Kier alpha value is -3.99. The fourth-order valence-electron chi connectivity index (χ4n) is 4.94. The van der Waals surface area contributed by atoms with Gasteiger partial charge in [-0.05, 0) is 79.3 Å². The van der Waals surface area contributed by atoms with Crippen molar-refractivity contribution < 1.29 is 22.0 Å². The van der Waals surface area contributed by atoms with Gasteiger partial charge in [0.25, 0.3) is 0 Å². The molecule has 0 aliphatic carbocycles. The van der Waals surface area contributed by atoms with Crippen LogP contribution in [-0.4, -0.2) is 48.4 Å². The third-order valence-electron chi connectivity index (χ3n) is 7.07. The lowest BCUT2D eigenvalue weighted by atomic mass is 10.1. The minimum Gasteiger partial charge on any atom is -0.487 e. The maximum absolute atomic E-state index is 13.5. The largest absolute Gasteiger partial charge is 0.487 e. The van der Waals surface area contributed by atoms with Crippen LogP contribution < -0.4 is 10.1 Å². The summed E-state index contributed by atoms with van der Waals surface area (Å²) < 4.78 is 49.9. The van der Waals surface area contributed by atoms with Crippen molar-refractivity contribution in [1.82, 2.24) is 14.9 Å². The first kappa shape index (κ1) is 30.5. The van der Waals surface area contributed by atoms with Gasteiger partial charge >= 0.3 is 0 Å². The highest BCUT2D eigenvalue weighted by molar-refractivity contribution is 7.90. The maximum Gasteiger partial charge on any atom is 0.149 e. The lowest BCUT2D eigenvalue weighted by Gasteiger charge is -2.27. The zero-order valence-electron chi connectivity index (χ0n) is 24.1. The summed E-state index contributed by atoms with van der Waals surface area (Å²) in [5, 5.41) is 4.46. The Bertz CT molecular complexity index is 1840. The fraction of sp³-hybridized carbons (Fsp3) is 0.250. The molecule has 1 N–H and O–H groups in total. The molecule has 0 spiro atoms. The molecule has 0 aliphatic rings. The van der Waals surface area contributed by atoms with E-state index in [-0.39, 0.29) is 24.2 Å². The molecule has 11 heteroatoms. The molecule has 1 atom stereocenters. The van der Waals surface area contributed by atoms with E-state index in [2.05, 4.69) is 20.2 Å². The third kappa shape index (κ3) is 7.51. The molecule has 8 nitrogen and oxygen atoms in total. The van der Waals surface area contributed by atoms with Crippen molar-refractivity contribution in [3.8, 4) is 17.1 Å². The molecule has 224 valence electrons. The van der Waals surface area contributed by atoms with Gasteiger partial charge in [-0.25, -0.2) is 22.8 Å².